The summed E-state index contributed by atoms with van der Waals surface area (Å²) in [5.41, 5.74) is 5.30. The number of nitrogens with one attached hydrogen (secondary N) is 1. The molecule has 8 heteroatoms. The molecular formula is C11H16FN3O3S. The number of nitrogens with zero attached hydrogens (tertiary/aromatic N) is 1. The number of anilines is 1. The van der Waals surface area contributed by atoms with Gasteiger partial charge in [0.1, 0.15) is 10.7 Å². The fourth-order valence-electron chi connectivity index (χ4n) is 1.49. The van der Waals surface area contributed by atoms with E-state index in [4.69, 9.17) is 5.73 Å². The minimum absolute atomic E-state index is 0.192. The van der Waals surface area contributed by atoms with Crippen molar-refractivity contribution in [1.29, 1.82) is 0 Å². The molecule has 0 atom stereocenters. The molecule has 3 N–H and O–H groups in total. The van der Waals surface area contributed by atoms with Gasteiger partial charge in [0.05, 0.1) is 12.2 Å². The molecule has 19 heavy (non-hydrogen) atoms. The van der Waals surface area contributed by atoms with E-state index in [0.717, 1.165) is 10.4 Å². The third-order valence-electron chi connectivity index (χ3n) is 2.41. The zero-order valence-electron chi connectivity index (χ0n) is 10.7. The minimum Gasteiger partial charge on any atom is -0.398 e. The number of nitrogen functional groups attached to an aromatic ring is 1. The maximum Gasteiger partial charge on any atom is 0.248 e. The number of hydrogen-bond donors (Lipinski definition) is 2. The Morgan fingerprint density at radius 2 is 2.11 bits per heavy atom. The fourth-order valence-corrected chi connectivity index (χ4v) is 2.77. The van der Waals surface area contributed by atoms with Gasteiger partial charge in [0.2, 0.25) is 15.9 Å². The van der Waals surface area contributed by atoms with Crippen LogP contribution in [0.1, 0.15) is 6.92 Å². The van der Waals surface area contributed by atoms with Gasteiger partial charge in [-0.3, -0.25) is 4.79 Å². The van der Waals surface area contributed by atoms with Gasteiger partial charge in [0.25, 0.3) is 0 Å². The van der Waals surface area contributed by atoms with Crippen LogP contribution in [0.5, 0.6) is 0 Å². The Kier molecular flexibility index (Phi) is 4.84. The number of hydrogen-bond acceptors (Lipinski definition) is 4. The molecule has 0 aliphatic rings. The Bertz CT molecular complexity index is 554. The zero-order chi connectivity index (χ0) is 14.6. The van der Waals surface area contributed by atoms with Gasteiger partial charge in [-0.15, -0.1) is 0 Å². The third-order valence-corrected chi connectivity index (χ3v) is 4.30. The van der Waals surface area contributed by atoms with E-state index in [0.29, 0.717) is 6.54 Å². The van der Waals surface area contributed by atoms with Crippen molar-refractivity contribution >= 4 is 21.6 Å². The number of likely N-dealkylation sites (N-methyl/N-ethyl adjacent to an activating group) is 2. The van der Waals surface area contributed by atoms with Crippen LogP contribution in [0, 0.1) is 5.82 Å². The van der Waals surface area contributed by atoms with Crippen LogP contribution in [-0.2, 0) is 14.8 Å². The lowest BCUT2D eigenvalue weighted by molar-refractivity contribution is -0.121. The van der Waals surface area contributed by atoms with Crippen LogP contribution in [0.4, 0.5) is 10.1 Å². The molecule has 0 aliphatic carbocycles. The van der Waals surface area contributed by atoms with Gasteiger partial charge in [-0.1, -0.05) is 6.07 Å². The Labute approximate surface area is 111 Å². The molecule has 0 saturated carbocycles. The lowest BCUT2D eigenvalue weighted by Crippen LogP contribution is -2.38. The molecule has 106 valence electrons. The molecule has 1 rings (SSSR count). The van der Waals surface area contributed by atoms with Gasteiger partial charge in [0, 0.05) is 13.6 Å². The number of rotatable bonds is 5. The average molecular weight is 289 g/mol. The molecular weight excluding hydrogens is 273 g/mol. The van der Waals surface area contributed by atoms with Gasteiger partial charge in [-0.05, 0) is 19.1 Å². The van der Waals surface area contributed by atoms with E-state index >= 15 is 0 Å². The summed E-state index contributed by atoms with van der Waals surface area (Å²) in [6.45, 7) is 1.69. The van der Waals surface area contributed by atoms with Crippen LogP contribution in [0.2, 0.25) is 0 Å². The Morgan fingerprint density at radius 1 is 1.47 bits per heavy atom. The van der Waals surface area contributed by atoms with E-state index in [-0.39, 0.29) is 5.69 Å². The first-order valence-corrected chi connectivity index (χ1v) is 7.01. The lowest BCUT2D eigenvalue weighted by atomic mass is 10.3. The number of amides is 1. The first kappa shape index (κ1) is 15.4. The minimum atomic E-state index is -4.14. The molecule has 0 saturated heterocycles. The number of benzene rings is 1. The Morgan fingerprint density at radius 3 is 2.63 bits per heavy atom. The second-order valence-corrected chi connectivity index (χ2v) is 5.85. The summed E-state index contributed by atoms with van der Waals surface area (Å²) in [4.78, 5) is 10.7. The van der Waals surface area contributed by atoms with Crippen LogP contribution in [0.25, 0.3) is 0 Å². The Hall–Kier alpha value is -1.67. The van der Waals surface area contributed by atoms with Crippen molar-refractivity contribution < 1.29 is 17.6 Å². The monoisotopic (exact) mass is 289 g/mol. The first-order valence-electron chi connectivity index (χ1n) is 5.57. The second kappa shape index (κ2) is 5.98. The van der Waals surface area contributed by atoms with Gasteiger partial charge in [-0.2, -0.15) is 4.31 Å². The Balaban J connectivity index is 3.07. The van der Waals surface area contributed by atoms with E-state index < -0.39 is 33.2 Å². The molecule has 0 bridgehead atoms. The number of sulfonamides is 1. The zero-order valence-corrected chi connectivity index (χ0v) is 11.5. The molecule has 0 aromatic heterocycles. The molecule has 0 unspecified atom stereocenters. The summed E-state index contributed by atoms with van der Waals surface area (Å²) < 4.78 is 38.6. The van der Waals surface area contributed by atoms with Crippen molar-refractivity contribution in [2.24, 2.45) is 0 Å². The van der Waals surface area contributed by atoms with E-state index in [1.807, 2.05) is 0 Å². The molecule has 0 radical (unpaired) electrons. The largest absolute Gasteiger partial charge is 0.398 e. The standard InChI is InChI=1S/C11H16FN3O3S/c1-3-14-10(16)7-15(2)19(17,18)11-8(12)5-4-6-9(11)13/h4-6H,3,7,13H2,1-2H3,(H,14,16). The van der Waals surface area contributed by atoms with Gasteiger partial charge >= 0.3 is 0 Å². The predicted octanol–water partition coefficient (Wildman–Crippen LogP) is 0.165. The second-order valence-electron chi connectivity index (χ2n) is 3.87. The summed E-state index contributed by atoms with van der Waals surface area (Å²) in [6, 6.07) is 3.60. The van der Waals surface area contributed by atoms with E-state index in [1.165, 1.54) is 19.2 Å². The quantitative estimate of drug-likeness (QED) is 0.755. The highest BCUT2D eigenvalue weighted by molar-refractivity contribution is 7.89. The van der Waals surface area contributed by atoms with E-state index in [2.05, 4.69) is 5.32 Å². The molecule has 1 amide bonds. The first-order chi connectivity index (χ1) is 8.80. The fraction of sp³-hybridized carbons (Fsp3) is 0.364. The van der Waals surface area contributed by atoms with Crippen molar-refractivity contribution in [2.75, 3.05) is 25.9 Å². The van der Waals surface area contributed by atoms with E-state index in [9.17, 15) is 17.6 Å². The third kappa shape index (κ3) is 3.42. The highest BCUT2D eigenvalue weighted by atomic mass is 32.2. The highest BCUT2D eigenvalue weighted by Gasteiger charge is 2.28. The number of carbonyl (C=O) groups excluding carboxylic acids is 1. The average Bonchev–Trinajstić information content (AvgIpc) is 2.28. The molecule has 1 aromatic carbocycles. The summed E-state index contributed by atoms with van der Waals surface area (Å²) in [7, 11) is -2.95. The van der Waals surface area contributed by atoms with Crippen LogP contribution in [0.3, 0.4) is 0 Å². The summed E-state index contributed by atoms with van der Waals surface area (Å²) in [5.74, 6) is -1.41. The number of nitrogens with two attached hydrogens (primary N) is 1. The summed E-state index contributed by atoms with van der Waals surface area (Å²) in [6.07, 6.45) is 0. The van der Waals surface area contributed by atoms with Crippen molar-refractivity contribution in [3.8, 4) is 0 Å². The molecule has 6 nitrogen and oxygen atoms in total. The topological polar surface area (TPSA) is 92.5 Å². The molecule has 0 aliphatic heterocycles. The number of carbonyl (C=O) groups is 1. The van der Waals surface area contributed by atoms with E-state index in [1.54, 1.807) is 6.92 Å². The smallest absolute Gasteiger partial charge is 0.248 e. The lowest BCUT2D eigenvalue weighted by Gasteiger charge is -2.18. The molecule has 0 spiro atoms. The predicted molar refractivity (Wildman–Crippen MR) is 69.3 cm³/mol. The number of halogens is 1. The SMILES string of the molecule is CCNC(=O)CN(C)S(=O)(=O)c1c(N)cccc1F. The normalized spacial score (nSPS) is 11.6. The maximum absolute atomic E-state index is 13.6. The van der Waals surface area contributed by atoms with Crippen LogP contribution >= 0.6 is 0 Å². The van der Waals surface area contributed by atoms with Crippen LogP contribution in [-0.4, -0.2) is 38.8 Å². The van der Waals surface area contributed by atoms with Crippen LogP contribution < -0.4 is 11.1 Å². The van der Waals surface area contributed by atoms with Crippen molar-refractivity contribution in [2.45, 2.75) is 11.8 Å². The van der Waals surface area contributed by atoms with Gasteiger partial charge in [-0.25, -0.2) is 12.8 Å². The summed E-state index contributed by atoms with van der Waals surface area (Å²) >= 11 is 0. The van der Waals surface area contributed by atoms with Gasteiger partial charge < -0.3 is 11.1 Å². The summed E-state index contributed by atoms with van der Waals surface area (Å²) in [5, 5.41) is 2.46. The van der Waals surface area contributed by atoms with Crippen molar-refractivity contribution in [3.63, 3.8) is 0 Å². The van der Waals surface area contributed by atoms with Crippen molar-refractivity contribution in [3.05, 3.63) is 24.0 Å². The van der Waals surface area contributed by atoms with Crippen LogP contribution in [0.15, 0.2) is 23.1 Å². The molecule has 0 heterocycles. The molecule has 0 fully saturated rings. The van der Waals surface area contributed by atoms with Gasteiger partial charge in [0.15, 0.2) is 0 Å². The molecule has 1 aromatic rings. The highest BCUT2D eigenvalue weighted by Crippen LogP contribution is 2.24. The maximum atomic E-state index is 13.6. The van der Waals surface area contributed by atoms with Crippen molar-refractivity contribution in [1.82, 2.24) is 9.62 Å².